The van der Waals surface area contributed by atoms with Crippen LogP contribution in [0.3, 0.4) is 0 Å². The first-order valence-corrected chi connectivity index (χ1v) is 6.13. The number of para-hydroxylation sites is 2. The van der Waals surface area contributed by atoms with Gasteiger partial charge in [-0.1, -0.05) is 36.4 Å². The van der Waals surface area contributed by atoms with Crippen molar-refractivity contribution < 1.29 is 0 Å². The Hall–Kier alpha value is -2.46. The van der Waals surface area contributed by atoms with E-state index >= 15 is 0 Å². The first kappa shape index (κ1) is 11.6. The molecule has 3 rings (SSSR count). The second-order valence-corrected chi connectivity index (χ2v) is 4.24. The summed E-state index contributed by atoms with van der Waals surface area (Å²) in [5, 5.41) is 4.24. The summed E-state index contributed by atoms with van der Waals surface area (Å²) in [6.45, 7) is 0.483. The number of nitrogens with zero attached hydrogens (tertiary/aromatic N) is 2. The lowest BCUT2D eigenvalue weighted by atomic mass is 10.2. The van der Waals surface area contributed by atoms with Crippen LogP contribution in [-0.4, -0.2) is 9.97 Å². The monoisotopic (exact) mass is 250 g/mol. The van der Waals surface area contributed by atoms with Crippen LogP contribution in [0.2, 0.25) is 0 Å². The molecule has 0 amide bonds. The van der Waals surface area contributed by atoms with E-state index < -0.39 is 0 Å². The molecule has 0 radical (unpaired) electrons. The van der Waals surface area contributed by atoms with Crippen molar-refractivity contribution >= 4 is 22.5 Å². The highest BCUT2D eigenvalue weighted by Crippen LogP contribution is 2.19. The molecular weight excluding hydrogens is 236 g/mol. The van der Waals surface area contributed by atoms with Crippen molar-refractivity contribution in [2.75, 3.05) is 5.32 Å². The molecule has 0 spiro atoms. The van der Waals surface area contributed by atoms with E-state index in [-0.39, 0.29) is 0 Å². The van der Waals surface area contributed by atoms with Crippen LogP contribution in [0.5, 0.6) is 0 Å². The number of benzene rings is 2. The van der Waals surface area contributed by atoms with E-state index in [9.17, 15) is 0 Å². The van der Waals surface area contributed by atoms with Crippen molar-refractivity contribution in [3.05, 3.63) is 60.3 Å². The molecule has 0 saturated heterocycles. The third-order valence-corrected chi connectivity index (χ3v) is 2.97. The molecule has 2 aromatic carbocycles. The van der Waals surface area contributed by atoms with E-state index in [1.54, 1.807) is 0 Å². The normalized spacial score (nSPS) is 10.6. The van der Waals surface area contributed by atoms with Gasteiger partial charge >= 0.3 is 0 Å². The Labute approximate surface area is 111 Å². The van der Waals surface area contributed by atoms with Crippen LogP contribution >= 0.6 is 0 Å². The average Bonchev–Trinajstić information content (AvgIpc) is 2.48. The van der Waals surface area contributed by atoms with Gasteiger partial charge < -0.3 is 11.1 Å². The molecule has 4 heteroatoms. The highest BCUT2D eigenvalue weighted by molar-refractivity contribution is 5.79. The predicted molar refractivity (Wildman–Crippen MR) is 77.2 cm³/mol. The Balaban J connectivity index is 1.96. The van der Waals surface area contributed by atoms with Gasteiger partial charge in [-0.2, -0.15) is 0 Å². The van der Waals surface area contributed by atoms with Crippen LogP contribution in [0.1, 0.15) is 5.56 Å². The molecule has 4 nitrogen and oxygen atoms in total. The van der Waals surface area contributed by atoms with Crippen molar-refractivity contribution in [3.63, 3.8) is 0 Å². The Kier molecular flexibility index (Phi) is 3.08. The van der Waals surface area contributed by atoms with Gasteiger partial charge in [0.2, 0.25) is 5.95 Å². The van der Waals surface area contributed by atoms with Crippen LogP contribution in [0.15, 0.2) is 54.7 Å². The van der Waals surface area contributed by atoms with E-state index in [0.29, 0.717) is 12.5 Å². The first-order valence-electron chi connectivity index (χ1n) is 6.13. The lowest BCUT2D eigenvalue weighted by Gasteiger charge is -2.09. The van der Waals surface area contributed by atoms with Gasteiger partial charge in [0.15, 0.2) is 0 Å². The van der Waals surface area contributed by atoms with Crippen molar-refractivity contribution in [1.82, 2.24) is 9.97 Å². The summed E-state index contributed by atoms with van der Waals surface area (Å²) >= 11 is 0. The number of rotatable bonds is 3. The zero-order chi connectivity index (χ0) is 13.1. The molecule has 94 valence electrons. The van der Waals surface area contributed by atoms with Crippen LogP contribution in [0.25, 0.3) is 10.9 Å². The van der Waals surface area contributed by atoms with Gasteiger partial charge in [-0.05, 0) is 17.7 Å². The van der Waals surface area contributed by atoms with Crippen LogP contribution in [0.4, 0.5) is 11.6 Å². The lowest BCUT2D eigenvalue weighted by molar-refractivity contribution is 1.07. The summed E-state index contributed by atoms with van der Waals surface area (Å²) in [4.78, 5) is 8.80. The first-order chi connectivity index (χ1) is 9.36. The van der Waals surface area contributed by atoms with Crippen molar-refractivity contribution in [2.45, 2.75) is 6.54 Å². The minimum atomic E-state index is 0.483. The highest BCUT2D eigenvalue weighted by Gasteiger charge is 2.03. The van der Waals surface area contributed by atoms with Gasteiger partial charge in [0.1, 0.15) is 0 Å². The lowest BCUT2D eigenvalue weighted by Crippen LogP contribution is -2.03. The molecule has 3 N–H and O–H groups in total. The SMILES string of the molecule is NCc1ccccc1Nc1ncc2ccccc2n1. The number of nitrogens with one attached hydrogen (secondary N) is 1. The Morgan fingerprint density at radius 3 is 2.68 bits per heavy atom. The zero-order valence-corrected chi connectivity index (χ0v) is 10.4. The van der Waals surface area contributed by atoms with E-state index in [4.69, 9.17) is 5.73 Å². The average molecular weight is 250 g/mol. The summed E-state index contributed by atoms with van der Waals surface area (Å²) < 4.78 is 0. The fourth-order valence-corrected chi connectivity index (χ4v) is 1.97. The third kappa shape index (κ3) is 2.39. The number of fused-ring (bicyclic) bond motifs is 1. The van der Waals surface area contributed by atoms with Crippen LogP contribution < -0.4 is 11.1 Å². The Bertz CT molecular complexity index is 709. The summed E-state index contributed by atoms with van der Waals surface area (Å²) in [6, 6.07) is 15.8. The predicted octanol–water partition coefficient (Wildman–Crippen LogP) is 2.83. The van der Waals surface area contributed by atoms with E-state index in [1.165, 1.54) is 0 Å². The van der Waals surface area contributed by atoms with Crippen molar-refractivity contribution in [3.8, 4) is 0 Å². The van der Waals surface area contributed by atoms with Gasteiger partial charge in [-0.3, -0.25) is 0 Å². The smallest absolute Gasteiger partial charge is 0.227 e. The van der Waals surface area contributed by atoms with Gasteiger partial charge in [0.25, 0.3) is 0 Å². The van der Waals surface area contributed by atoms with Gasteiger partial charge in [-0.25, -0.2) is 9.97 Å². The maximum Gasteiger partial charge on any atom is 0.227 e. The molecule has 0 atom stereocenters. The molecule has 0 bridgehead atoms. The largest absolute Gasteiger partial charge is 0.326 e. The summed E-state index contributed by atoms with van der Waals surface area (Å²) in [5.74, 6) is 0.583. The van der Waals surface area contributed by atoms with E-state index in [1.807, 2.05) is 54.7 Å². The van der Waals surface area contributed by atoms with Crippen molar-refractivity contribution in [1.29, 1.82) is 0 Å². The minimum absolute atomic E-state index is 0.483. The molecule has 19 heavy (non-hydrogen) atoms. The topological polar surface area (TPSA) is 63.8 Å². The number of aromatic nitrogens is 2. The fourth-order valence-electron chi connectivity index (χ4n) is 1.97. The van der Waals surface area contributed by atoms with Crippen LogP contribution in [0, 0.1) is 0 Å². The zero-order valence-electron chi connectivity index (χ0n) is 10.4. The highest BCUT2D eigenvalue weighted by atomic mass is 15.1. The maximum absolute atomic E-state index is 5.71. The molecule has 0 fully saturated rings. The summed E-state index contributed by atoms with van der Waals surface area (Å²) in [7, 11) is 0. The van der Waals surface area contributed by atoms with E-state index in [2.05, 4.69) is 15.3 Å². The molecular formula is C15H14N4. The number of nitrogens with two attached hydrogens (primary N) is 1. The third-order valence-electron chi connectivity index (χ3n) is 2.97. The van der Waals surface area contributed by atoms with Gasteiger partial charge in [-0.15, -0.1) is 0 Å². The maximum atomic E-state index is 5.71. The molecule has 0 saturated carbocycles. The molecule has 1 aromatic heterocycles. The number of anilines is 2. The van der Waals surface area contributed by atoms with Gasteiger partial charge in [0.05, 0.1) is 5.52 Å². The Morgan fingerprint density at radius 2 is 1.79 bits per heavy atom. The number of hydrogen-bond acceptors (Lipinski definition) is 4. The van der Waals surface area contributed by atoms with Crippen LogP contribution in [-0.2, 0) is 6.54 Å². The molecule has 3 aromatic rings. The quantitative estimate of drug-likeness (QED) is 0.750. The molecule has 0 aliphatic rings. The number of hydrogen-bond donors (Lipinski definition) is 2. The summed E-state index contributed by atoms with van der Waals surface area (Å²) in [6.07, 6.45) is 1.82. The molecule has 1 heterocycles. The summed E-state index contributed by atoms with van der Waals surface area (Å²) in [5.41, 5.74) is 8.62. The van der Waals surface area contributed by atoms with Gasteiger partial charge in [0, 0.05) is 23.8 Å². The molecule has 0 unspecified atom stereocenters. The second-order valence-electron chi connectivity index (χ2n) is 4.24. The second kappa shape index (κ2) is 5.04. The standard InChI is InChI=1S/C15H14N4/c16-9-11-5-1-3-7-13(11)18-15-17-10-12-6-2-4-8-14(12)19-15/h1-8,10H,9,16H2,(H,17,18,19). The van der Waals surface area contributed by atoms with Crippen molar-refractivity contribution in [2.24, 2.45) is 5.73 Å². The minimum Gasteiger partial charge on any atom is -0.326 e. The van der Waals surface area contributed by atoms with E-state index in [0.717, 1.165) is 22.2 Å². The molecule has 0 aliphatic heterocycles. The molecule has 0 aliphatic carbocycles. The fraction of sp³-hybridized carbons (Fsp3) is 0.0667. The Morgan fingerprint density at radius 1 is 1.00 bits per heavy atom.